The lowest BCUT2D eigenvalue weighted by Gasteiger charge is -2.13. The van der Waals surface area contributed by atoms with E-state index in [0.29, 0.717) is 15.9 Å². The third kappa shape index (κ3) is 4.95. The molecular weight excluding hydrogens is 482 g/mol. The summed E-state index contributed by atoms with van der Waals surface area (Å²) >= 11 is 8.86. The number of amides is 2. The fraction of sp³-hybridized carbons (Fsp3) is 0.0476. The topological polar surface area (TPSA) is 67.4 Å². The number of methoxy groups -OCH3 is 1. The fourth-order valence-corrected chi connectivity index (χ4v) is 3.31. The summed E-state index contributed by atoms with van der Waals surface area (Å²) < 4.78 is 32.8. The van der Waals surface area contributed by atoms with Crippen molar-refractivity contribution in [1.82, 2.24) is 0 Å². The van der Waals surface area contributed by atoms with Crippen LogP contribution in [0.15, 0.2) is 59.1 Å². The lowest BCUT2D eigenvalue weighted by molar-refractivity contribution is 0.101. The second-order valence-corrected chi connectivity index (χ2v) is 7.36. The van der Waals surface area contributed by atoms with Gasteiger partial charge in [0, 0.05) is 15.2 Å². The first-order chi connectivity index (χ1) is 14.3. The first-order valence-corrected chi connectivity index (χ1v) is 9.66. The SMILES string of the molecule is COc1ccc(NC(=O)c2ccc(F)cc2Br)cc1NC(=O)c1ccc(Cl)cc1F. The van der Waals surface area contributed by atoms with Crippen molar-refractivity contribution >= 4 is 50.7 Å². The van der Waals surface area contributed by atoms with Crippen molar-refractivity contribution in [2.75, 3.05) is 17.7 Å². The zero-order valence-electron chi connectivity index (χ0n) is 15.4. The summed E-state index contributed by atoms with van der Waals surface area (Å²) in [5.41, 5.74) is 0.573. The molecule has 30 heavy (non-hydrogen) atoms. The van der Waals surface area contributed by atoms with Gasteiger partial charge in [0.2, 0.25) is 0 Å². The standard InChI is InChI=1S/C21H14BrClF2N2O3/c1-30-19-7-4-13(26-20(28)14-6-3-12(24)9-16(14)22)10-18(19)27-21(29)15-5-2-11(23)8-17(15)25/h2-10H,1H3,(H,26,28)(H,27,29). The zero-order valence-corrected chi connectivity index (χ0v) is 17.8. The van der Waals surface area contributed by atoms with Gasteiger partial charge in [-0.15, -0.1) is 0 Å². The quantitative estimate of drug-likeness (QED) is 0.463. The average Bonchev–Trinajstić information content (AvgIpc) is 2.68. The molecule has 0 saturated carbocycles. The molecule has 0 heterocycles. The molecule has 0 aliphatic heterocycles. The molecular formula is C21H14BrClF2N2O3. The predicted octanol–water partition coefficient (Wildman–Crippen LogP) is 5.89. The normalized spacial score (nSPS) is 10.4. The van der Waals surface area contributed by atoms with Crippen molar-refractivity contribution in [2.45, 2.75) is 0 Å². The van der Waals surface area contributed by atoms with Crippen LogP contribution in [0.25, 0.3) is 0 Å². The average molecular weight is 496 g/mol. The Hall–Kier alpha value is -2.97. The Morgan fingerprint density at radius 3 is 2.30 bits per heavy atom. The van der Waals surface area contributed by atoms with Crippen molar-refractivity contribution in [3.63, 3.8) is 0 Å². The Morgan fingerprint density at radius 2 is 1.63 bits per heavy atom. The lowest BCUT2D eigenvalue weighted by atomic mass is 10.1. The Kier molecular flexibility index (Phi) is 6.69. The zero-order chi connectivity index (χ0) is 21.8. The van der Waals surface area contributed by atoms with E-state index in [2.05, 4.69) is 26.6 Å². The summed E-state index contributed by atoms with van der Waals surface area (Å²) in [5, 5.41) is 5.37. The summed E-state index contributed by atoms with van der Waals surface area (Å²) in [6.45, 7) is 0. The smallest absolute Gasteiger partial charge is 0.258 e. The second kappa shape index (κ2) is 9.23. The summed E-state index contributed by atoms with van der Waals surface area (Å²) in [4.78, 5) is 25.0. The highest BCUT2D eigenvalue weighted by molar-refractivity contribution is 9.10. The Labute approximate surface area is 184 Å². The van der Waals surface area contributed by atoms with E-state index in [1.807, 2.05) is 0 Å². The first kappa shape index (κ1) is 21.7. The van der Waals surface area contributed by atoms with Crippen LogP contribution in [0.4, 0.5) is 20.2 Å². The molecule has 0 aliphatic rings. The highest BCUT2D eigenvalue weighted by atomic mass is 79.9. The minimum Gasteiger partial charge on any atom is -0.495 e. The first-order valence-electron chi connectivity index (χ1n) is 8.49. The molecule has 0 unspecified atom stereocenters. The number of anilines is 2. The van der Waals surface area contributed by atoms with E-state index in [9.17, 15) is 18.4 Å². The van der Waals surface area contributed by atoms with E-state index in [0.717, 1.165) is 6.07 Å². The van der Waals surface area contributed by atoms with Crippen LogP contribution in [0.3, 0.4) is 0 Å². The van der Waals surface area contributed by atoms with Gasteiger partial charge in [0.05, 0.1) is 23.9 Å². The van der Waals surface area contributed by atoms with Gasteiger partial charge in [-0.25, -0.2) is 8.78 Å². The molecule has 9 heteroatoms. The van der Waals surface area contributed by atoms with E-state index in [1.54, 1.807) is 6.07 Å². The van der Waals surface area contributed by atoms with Gasteiger partial charge in [-0.05, 0) is 70.5 Å². The molecule has 3 aromatic rings. The fourth-order valence-electron chi connectivity index (χ4n) is 2.62. The number of hydrogen-bond donors (Lipinski definition) is 2. The van der Waals surface area contributed by atoms with Crippen molar-refractivity contribution in [1.29, 1.82) is 0 Å². The van der Waals surface area contributed by atoms with Crippen molar-refractivity contribution in [2.24, 2.45) is 0 Å². The van der Waals surface area contributed by atoms with Gasteiger partial charge in [-0.3, -0.25) is 9.59 Å². The maximum atomic E-state index is 14.0. The van der Waals surface area contributed by atoms with Crippen LogP contribution < -0.4 is 15.4 Å². The lowest BCUT2D eigenvalue weighted by Crippen LogP contribution is -2.16. The van der Waals surface area contributed by atoms with E-state index in [4.69, 9.17) is 16.3 Å². The second-order valence-electron chi connectivity index (χ2n) is 6.07. The molecule has 0 radical (unpaired) electrons. The third-order valence-electron chi connectivity index (χ3n) is 4.06. The number of carbonyl (C=O) groups is 2. The Morgan fingerprint density at radius 1 is 0.933 bits per heavy atom. The Balaban J connectivity index is 1.84. The molecule has 0 bridgehead atoms. The predicted molar refractivity (Wildman–Crippen MR) is 114 cm³/mol. The number of carbonyl (C=O) groups excluding carboxylic acids is 2. The summed E-state index contributed by atoms with van der Waals surface area (Å²) in [5.74, 6) is -2.16. The highest BCUT2D eigenvalue weighted by Crippen LogP contribution is 2.29. The van der Waals surface area contributed by atoms with Crippen LogP contribution in [0.5, 0.6) is 5.75 Å². The van der Waals surface area contributed by atoms with Gasteiger partial charge >= 0.3 is 0 Å². The number of hydrogen-bond acceptors (Lipinski definition) is 3. The molecule has 0 aliphatic carbocycles. The Bertz CT molecular complexity index is 1140. The number of halogens is 4. The summed E-state index contributed by atoms with van der Waals surface area (Å²) in [7, 11) is 1.40. The number of ether oxygens (including phenoxy) is 1. The van der Waals surface area contributed by atoms with Gasteiger partial charge in [0.15, 0.2) is 0 Å². The number of rotatable bonds is 5. The minimum atomic E-state index is -0.774. The number of benzene rings is 3. The maximum Gasteiger partial charge on any atom is 0.258 e. The molecule has 0 fully saturated rings. The molecule has 3 aromatic carbocycles. The molecule has 0 atom stereocenters. The molecule has 154 valence electrons. The summed E-state index contributed by atoms with van der Waals surface area (Å²) in [6, 6.07) is 11.9. The minimum absolute atomic E-state index is 0.165. The summed E-state index contributed by atoms with van der Waals surface area (Å²) in [6.07, 6.45) is 0. The largest absolute Gasteiger partial charge is 0.495 e. The van der Waals surface area contributed by atoms with Crippen molar-refractivity contribution in [3.05, 3.63) is 86.9 Å². The van der Waals surface area contributed by atoms with Crippen molar-refractivity contribution in [3.8, 4) is 5.75 Å². The van der Waals surface area contributed by atoms with E-state index in [1.165, 1.54) is 49.6 Å². The third-order valence-corrected chi connectivity index (χ3v) is 4.95. The molecule has 2 amide bonds. The van der Waals surface area contributed by atoms with E-state index >= 15 is 0 Å². The highest BCUT2D eigenvalue weighted by Gasteiger charge is 2.16. The molecule has 0 aromatic heterocycles. The van der Waals surface area contributed by atoms with E-state index < -0.39 is 23.4 Å². The van der Waals surface area contributed by atoms with E-state index in [-0.39, 0.29) is 21.8 Å². The van der Waals surface area contributed by atoms with Gasteiger partial charge in [-0.1, -0.05) is 11.6 Å². The van der Waals surface area contributed by atoms with Gasteiger partial charge in [0.25, 0.3) is 11.8 Å². The van der Waals surface area contributed by atoms with Crippen molar-refractivity contribution < 1.29 is 23.1 Å². The molecule has 5 nitrogen and oxygen atoms in total. The molecule has 0 spiro atoms. The molecule has 2 N–H and O–H groups in total. The molecule has 3 rings (SSSR count). The van der Waals surface area contributed by atoms with Crippen LogP contribution in [-0.4, -0.2) is 18.9 Å². The van der Waals surface area contributed by atoms with Crippen LogP contribution >= 0.6 is 27.5 Å². The van der Waals surface area contributed by atoms with Crippen LogP contribution in [0.2, 0.25) is 5.02 Å². The number of nitrogens with one attached hydrogen (secondary N) is 2. The van der Waals surface area contributed by atoms with Gasteiger partial charge in [0.1, 0.15) is 17.4 Å². The molecule has 0 saturated heterocycles. The van der Waals surface area contributed by atoms with Crippen LogP contribution in [-0.2, 0) is 0 Å². The maximum absolute atomic E-state index is 14.0. The van der Waals surface area contributed by atoms with Gasteiger partial charge in [-0.2, -0.15) is 0 Å². The van der Waals surface area contributed by atoms with Gasteiger partial charge < -0.3 is 15.4 Å². The van der Waals surface area contributed by atoms with Crippen LogP contribution in [0.1, 0.15) is 20.7 Å². The monoisotopic (exact) mass is 494 g/mol. The van der Waals surface area contributed by atoms with Crippen LogP contribution in [0, 0.1) is 11.6 Å².